The summed E-state index contributed by atoms with van der Waals surface area (Å²) in [6.07, 6.45) is 0. The third kappa shape index (κ3) is 5.18. The highest BCUT2D eigenvalue weighted by Gasteiger charge is 2.22. The molecule has 2 aromatic carbocycles. The maximum Gasteiger partial charge on any atom is 0.254 e. The molecule has 2 amide bonds. The smallest absolute Gasteiger partial charge is 0.254 e. The normalized spacial score (nSPS) is 14.1. The highest BCUT2D eigenvalue weighted by Crippen LogP contribution is 2.27. The summed E-state index contributed by atoms with van der Waals surface area (Å²) in [6.45, 7) is 4.97. The van der Waals surface area contributed by atoms with Crippen molar-refractivity contribution in [3.63, 3.8) is 0 Å². The summed E-state index contributed by atoms with van der Waals surface area (Å²) in [5.41, 5.74) is 2.91. The molecule has 0 bridgehead atoms. The molecule has 10 heteroatoms. The minimum atomic E-state index is -0.312. The molecule has 0 radical (unpaired) electrons. The third-order valence-corrected chi connectivity index (χ3v) is 6.19. The standard InChI is InChI=1S/C24H28N6O3S/c1-16-4-6-17(7-5-16)22-26-27-24(34)30(22)15-21(31)25-19-14-18(8-9-20(19)33-3)23(32)29-12-10-28(2)11-13-29/h4-9,14H,10-13,15H2,1-3H3,(H,25,31)(H,27,34). The number of carbonyl (C=O) groups excluding carboxylic acids is 2. The quantitative estimate of drug-likeness (QED) is 0.527. The lowest BCUT2D eigenvalue weighted by atomic mass is 10.1. The Balaban J connectivity index is 1.53. The average Bonchev–Trinajstić information content (AvgIpc) is 3.19. The van der Waals surface area contributed by atoms with Gasteiger partial charge in [0, 0.05) is 37.3 Å². The summed E-state index contributed by atoms with van der Waals surface area (Å²) < 4.78 is 7.40. The van der Waals surface area contributed by atoms with Crippen molar-refractivity contribution in [3.8, 4) is 17.1 Å². The maximum absolute atomic E-state index is 13.0. The minimum Gasteiger partial charge on any atom is -0.495 e. The Bertz CT molecular complexity index is 1240. The Morgan fingerprint density at radius 3 is 2.50 bits per heavy atom. The van der Waals surface area contributed by atoms with Crippen LogP contribution < -0.4 is 10.1 Å². The van der Waals surface area contributed by atoms with Crippen molar-refractivity contribution in [2.24, 2.45) is 0 Å². The monoisotopic (exact) mass is 480 g/mol. The second kappa shape index (κ2) is 10.2. The Hall–Kier alpha value is -3.50. The van der Waals surface area contributed by atoms with Crippen molar-refractivity contribution in [1.29, 1.82) is 0 Å². The Morgan fingerprint density at radius 2 is 1.82 bits per heavy atom. The predicted octanol–water partition coefficient (Wildman–Crippen LogP) is 2.95. The number of amides is 2. The van der Waals surface area contributed by atoms with Gasteiger partial charge in [-0.3, -0.25) is 19.3 Å². The van der Waals surface area contributed by atoms with Crippen LogP contribution in [-0.2, 0) is 11.3 Å². The number of piperazine rings is 1. The molecular formula is C24H28N6O3S. The van der Waals surface area contributed by atoms with E-state index in [1.54, 1.807) is 22.8 Å². The van der Waals surface area contributed by atoms with E-state index < -0.39 is 0 Å². The molecule has 4 rings (SSSR count). The van der Waals surface area contributed by atoms with Gasteiger partial charge in [-0.15, -0.1) is 0 Å². The molecule has 0 aliphatic carbocycles. The number of likely N-dealkylation sites (N-methyl/N-ethyl adjacent to an activating group) is 1. The van der Waals surface area contributed by atoms with E-state index in [1.165, 1.54) is 7.11 Å². The van der Waals surface area contributed by atoms with E-state index in [1.807, 2.05) is 43.1 Å². The lowest BCUT2D eigenvalue weighted by Crippen LogP contribution is -2.47. The van der Waals surface area contributed by atoms with Gasteiger partial charge < -0.3 is 19.9 Å². The Kier molecular flexibility index (Phi) is 7.09. The molecule has 178 valence electrons. The van der Waals surface area contributed by atoms with E-state index in [0.717, 1.165) is 24.2 Å². The predicted molar refractivity (Wildman–Crippen MR) is 133 cm³/mol. The SMILES string of the molecule is COc1ccc(C(=O)N2CCN(C)CC2)cc1NC(=O)Cn1c(-c2ccc(C)cc2)n[nH]c1=S. The molecule has 1 saturated heterocycles. The molecule has 0 saturated carbocycles. The first-order chi connectivity index (χ1) is 16.4. The van der Waals surface area contributed by atoms with Gasteiger partial charge in [0.1, 0.15) is 12.3 Å². The average molecular weight is 481 g/mol. The summed E-state index contributed by atoms with van der Waals surface area (Å²) in [4.78, 5) is 30.0. The van der Waals surface area contributed by atoms with E-state index in [9.17, 15) is 9.59 Å². The van der Waals surface area contributed by atoms with Crippen LogP contribution in [-0.4, -0.2) is 76.7 Å². The molecule has 3 aromatic rings. The van der Waals surface area contributed by atoms with Gasteiger partial charge in [0.2, 0.25) is 5.91 Å². The Labute approximate surface area is 203 Å². The second-order valence-corrected chi connectivity index (χ2v) is 8.75. The fraction of sp³-hybridized carbons (Fsp3) is 0.333. The summed E-state index contributed by atoms with van der Waals surface area (Å²) in [5, 5.41) is 9.92. The lowest BCUT2D eigenvalue weighted by molar-refractivity contribution is -0.116. The van der Waals surface area contributed by atoms with Crippen molar-refractivity contribution >= 4 is 29.7 Å². The second-order valence-electron chi connectivity index (χ2n) is 8.36. The summed E-state index contributed by atoms with van der Waals surface area (Å²) in [5.74, 6) is 0.669. The van der Waals surface area contributed by atoms with E-state index in [-0.39, 0.29) is 18.4 Å². The number of nitrogens with one attached hydrogen (secondary N) is 2. The van der Waals surface area contributed by atoms with Crippen LogP contribution in [0.15, 0.2) is 42.5 Å². The van der Waals surface area contributed by atoms with Crippen LogP contribution in [0.4, 0.5) is 5.69 Å². The van der Waals surface area contributed by atoms with Gasteiger partial charge in [0.05, 0.1) is 12.8 Å². The van der Waals surface area contributed by atoms with Gasteiger partial charge in [0.15, 0.2) is 10.6 Å². The number of rotatable bonds is 6. The van der Waals surface area contributed by atoms with E-state index in [4.69, 9.17) is 17.0 Å². The fourth-order valence-electron chi connectivity index (χ4n) is 3.85. The molecule has 1 aliphatic heterocycles. The van der Waals surface area contributed by atoms with Gasteiger partial charge in [-0.2, -0.15) is 5.10 Å². The number of ether oxygens (including phenoxy) is 1. The van der Waals surface area contributed by atoms with Gasteiger partial charge in [-0.05, 0) is 44.4 Å². The number of nitrogens with zero attached hydrogens (tertiary/aromatic N) is 4. The number of hydrogen-bond acceptors (Lipinski definition) is 6. The van der Waals surface area contributed by atoms with Crippen LogP contribution >= 0.6 is 12.2 Å². The third-order valence-electron chi connectivity index (χ3n) is 5.88. The number of hydrogen-bond donors (Lipinski definition) is 2. The highest BCUT2D eigenvalue weighted by molar-refractivity contribution is 7.71. The molecular weight excluding hydrogens is 452 g/mol. The van der Waals surface area contributed by atoms with Crippen LogP contribution in [0.3, 0.4) is 0 Å². The van der Waals surface area contributed by atoms with Crippen LogP contribution in [0.2, 0.25) is 0 Å². The molecule has 1 aliphatic rings. The zero-order valence-corrected chi connectivity index (χ0v) is 20.3. The number of methoxy groups -OCH3 is 1. The van der Waals surface area contributed by atoms with Gasteiger partial charge in [-0.25, -0.2) is 0 Å². The van der Waals surface area contributed by atoms with Crippen LogP contribution in [0.25, 0.3) is 11.4 Å². The molecule has 2 N–H and O–H groups in total. The summed E-state index contributed by atoms with van der Waals surface area (Å²) in [6, 6.07) is 12.9. The topological polar surface area (TPSA) is 95.5 Å². The fourth-order valence-corrected chi connectivity index (χ4v) is 4.05. The van der Waals surface area contributed by atoms with Crippen molar-refractivity contribution in [2.75, 3.05) is 45.7 Å². The number of aryl methyl sites for hydroxylation is 1. The van der Waals surface area contributed by atoms with E-state index in [2.05, 4.69) is 20.4 Å². The van der Waals surface area contributed by atoms with Gasteiger partial charge >= 0.3 is 0 Å². The van der Waals surface area contributed by atoms with Crippen LogP contribution in [0, 0.1) is 11.7 Å². The van der Waals surface area contributed by atoms with Crippen molar-refractivity contribution < 1.29 is 14.3 Å². The molecule has 34 heavy (non-hydrogen) atoms. The Morgan fingerprint density at radius 1 is 1.12 bits per heavy atom. The lowest BCUT2D eigenvalue weighted by Gasteiger charge is -2.32. The first-order valence-electron chi connectivity index (χ1n) is 11.0. The van der Waals surface area contributed by atoms with Crippen molar-refractivity contribution in [3.05, 3.63) is 58.4 Å². The number of anilines is 1. The molecule has 0 spiro atoms. The summed E-state index contributed by atoms with van der Waals surface area (Å²) >= 11 is 5.35. The van der Waals surface area contributed by atoms with Gasteiger partial charge in [-0.1, -0.05) is 29.8 Å². The van der Waals surface area contributed by atoms with E-state index >= 15 is 0 Å². The molecule has 9 nitrogen and oxygen atoms in total. The summed E-state index contributed by atoms with van der Waals surface area (Å²) in [7, 11) is 3.56. The van der Waals surface area contributed by atoms with Crippen LogP contribution in [0.1, 0.15) is 15.9 Å². The first-order valence-corrected chi connectivity index (χ1v) is 11.4. The number of aromatic amines is 1. The largest absolute Gasteiger partial charge is 0.495 e. The van der Waals surface area contributed by atoms with Crippen LogP contribution in [0.5, 0.6) is 5.75 Å². The van der Waals surface area contributed by atoms with Crippen molar-refractivity contribution in [2.45, 2.75) is 13.5 Å². The zero-order chi connectivity index (χ0) is 24.2. The minimum absolute atomic E-state index is 0.0433. The number of carbonyl (C=O) groups is 2. The number of H-pyrrole nitrogens is 1. The zero-order valence-electron chi connectivity index (χ0n) is 19.5. The van der Waals surface area contributed by atoms with Gasteiger partial charge in [0.25, 0.3) is 5.91 Å². The number of aromatic nitrogens is 3. The number of benzene rings is 2. The molecule has 0 unspecified atom stereocenters. The van der Waals surface area contributed by atoms with E-state index in [0.29, 0.717) is 40.7 Å². The molecule has 0 atom stereocenters. The molecule has 1 fully saturated rings. The molecule has 1 aromatic heterocycles. The highest BCUT2D eigenvalue weighted by atomic mass is 32.1. The molecule has 2 heterocycles. The van der Waals surface area contributed by atoms with Crippen molar-refractivity contribution in [1.82, 2.24) is 24.6 Å². The first kappa shape index (κ1) is 23.7. The maximum atomic E-state index is 13.0.